The fourth-order valence-electron chi connectivity index (χ4n) is 2.08. The highest BCUT2D eigenvalue weighted by molar-refractivity contribution is 5.80. The Hall–Kier alpha value is -1.58. The SMILES string of the molecule is O=C1CCC(NC(=O)CCc2ccco2)CC1. The van der Waals surface area contributed by atoms with Gasteiger partial charge in [0.1, 0.15) is 11.5 Å². The molecule has 1 aromatic rings. The average Bonchev–Trinajstić information content (AvgIpc) is 2.83. The molecule has 0 spiro atoms. The molecule has 1 aromatic heterocycles. The molecule has 1 heterocycles. The third kappa shape index (κ3) is 3.73. The summed E-state index contributed by atoms with van der Waals surface area (Å²) in [5, 5.41) is 2.97. The molecule has 0 unspecified atom stereocenters. The van der Waals surface area contributed by atoms with Crippen molar-refractivity contribution in [1.82, 2.24) is 5.32 Å². The lowest BCUT2D eigenvalue weighted by Gasteiger charge is -2.22. The van der Waals surface area contributed by atoms with Gasteiger partial charge >= 0.3 is 0 Å². The first-order valence-corrected chi connectivity index (χ1v) is 6.07. The maximum Gasteiger partial charge on any atom is 0.220 e. The van der Waals surface area contributed by atoms with Crippen molar-refractivity contribution in [1.29, 1.82) is 0 Å². The van der Waals surface area contributed by atoms with Gasteiger partial charge in [-0.15, -0.1) is 0 Å². The Bertz CT molecular complexity index is 373. The van der Waals surface area contributed by atoms with E-state index in [0.717, 1.165) is 18.6 Å². The highest BCUT2D eigenvalue weighted by Gasteiger charge is 2.19. The molecule has 2 rings (SSSR count). The van der Waals surface area contributed by atoms with E-state index >= 15 is 0 Å². The minimum atomic E-state index is 0.0424. The average molecular weight is 235 g/mol. The van der Waals surface area contributed by atoms with Crippen molar-refractivity contribution in [2.75, 3.05) is 0 Å². The lowest BCUT2D eigenvalue weighted by atomic mass is 9.94. The standard InChI is InChI=1S/C13H17NO3/c15-11-5-3-10(4-6-11)14-13(16)8-7-12-2-1-9-17-12/h1-2,9-10H,3-8H2,(H,14,16). The van der Waals surface area contributed by atoms with E-state index in [0.29, 0.717) is 31.5 Å². The first kappa shape index (κ1) is 11.9. The minimum Gasteiger partial charge on any atom is -0.469 e. The number of furan rings is 1. The Balaban J connectivity index is 1.68. The number of ketones is 1. The van der Waals surface area contributed by atoms with Gasteiger partial charge in [0, 0.05) is 31.7 Å². The van der Waals surface area contributed by atoms with E-state index in [1.165, 1.54) is 0 Å². The molecule has 4 nitrogen and oxygen atoms in total. The van der Waals surface area contributed by atoms with E-state index in [1.54, 1.807) is 6.26 Å². The zero-order chi connectivity index (χ0) is 12.1. The van der Waals surface area contributed by atoms with E-state index in [1.807, 2.05) is 12.1 Å². The zero-order valence-electron chi connectivity index (χ0n) is 9.78. The Morgan fingerprint density at radius 3 is 2.82 bits per heavy atom. The second-order valence-electron chi connectivity index (χ2n) is 4.46. The number of amides is 1. The van der Waals surface area contributed by atoms with Gasteiger partial charge in [0.2, 0.25) is 5.91 Å². The molecule has 4 heteroatoms. The Kier molecular flexibility index (Phi) is 3.96. The van der Waals surface area contributed by atoms with Gasteiger partial charge in [-0.25, -0.2) is 0 Å². The normalized spacial score (nSPS) is 17.1. The van der Waals surface area contributed by atoms with Gasteiger partial charge < -0.3 is 9.73 Å². The maximum atomic E-state index is 11.7. The Morgan fingerprint density at radius 2 is 2.18 bits per heavy atom. The van der Waals surface area contributed by atoms with Crippen LogP contribution in [0.1, 0.15) is 37.9 Å². The molecule has 1 saturated carbocycles. The number of hydrogen-bond donors (Lipinski definition) is 1. The number of rotatable bonds is 4. The van der Waals surface area contributed by atoms with Crippen LogP contribution in [0.4, 0.5) is 0 Å². The highest BCUT2D eigenvalue weighted by atomic mass is 16.3. The summed E-state index contributed by atoms with van der Waals surface area (Å²) in [4.78, 5) is 22.7. The summed E-state index contributed by atoms with van der Waals surface area (Å²) in [5.41, 5.74) is 0. The van der Waals surface area contributed by atoms with Crippen LogP contribution in [0.3, 0.4) is 0 Å². The predicted octanol–water partition coefficient (Wildman–Crippen LogP) is 1.84. The first-order chi connectivity index (χ1) is 8.24. The van der Waals surface area contributed by atoms with E-state index < -0.39 is 0 Å². The quantitative estimate of drug-likeness (QED) is 0.866. The number of nitrogens with one attached hydrogen (secondary N) is 1. The van der Waals surface area contributed by atoms with Gasteiger partial charge in [-0.2, -0.15) is 0 Å². The lowest BCUT2D eigenvalue weighted by molar-refractivity contribution is -0.124. The summed E-state index contributed by atoms with van der Waals surface area (Å²) in [5.74, 6) is 1.19. The van der Waals surface area contributed by atoms with Crippen LogP contribution in [0.15, 0.2) is 22.8 Å². The fourth-order valence-corrected chi connectivity index (χ4v) is 2.08. The highest BCUT2D eigenvalue weighted by Crippen LogP contribution is 2.15. The van der Waals surface area contributed by atoms with Crippen molar-refractivity contribution in [3.8, 4) is 0 Å². The minimum absolute atomic E-state index is 0.0424. The van der Waals surface area contributed by atoms with E-state index in [4.69, 9.17) is 4.42 Å². The summed E-state index contributed by atoms with van der Waals surface area (Å²) >= 11 is 0. The van der Waals surface area contributed by atoms with Crippen molar-refractivity contribution in [3.05, 3.63) is 24.2 Å². The van der Waals surface area contributed by atoms with E-state index in [2.05, 4.69) is 5.32 Å². The molecule has 0 bridgehead atoms. The largest absolute Gasteiger partial charge is 0.469 e. The Morgan fingerprint density at radius 1 is 1.41 bits per heavy atom. The van der Waals surface area contributed by atoms with Gasteiger partial charge in [-0.05, 0) is 25.0 Å². The molecule has 0 aromatic carbocycles. The summed E-state index contributed by atoms with van der Waals surface area (Å²) in [6.45, 7) is 0. The van der Waals surface area contributed by atoms with Crippen molar-refractivity contribution in [2.45, 2.75) is 44.6 Å². The molecule has 0 saturated heterocycles. The lowest BCUT2D eigenvalue weighted by Crippen LogP contribution is -2.37. The van der Waals surface area contributed by atoms with Gasteiger partial charge in [0.25, 0.3) is 0 Å². The van der Waals surface area contributed by atoms with E-state index in [-0.39, 0.29) is 11.9 Å². The van der Waals surface area contributed by atoms with Crippen molar-refractivity contribution >= 4 is 11.7 Å². The molecule has 0 radical (unpaired) electrons. The van der Waals surface area contributed by atoms with Gasteiger partial charge in [-0.3, -0.25) is 9.59 Å². The first-order valence-electron chi connectivity index (χ1n) is 6.07. The van der Waals surface area contributed by atoms with Crippen LogP contribution in [0, 0.1) is 0 Å². The second-order valence-corrected chi connectivity index (χ2v) is 4.46. The number of carbonyl (C=O) groups is 2. The van der Waals surface area contributed by atoms with Gasteiger partial charge in [0.05, 0.1) is 6.26 Å². The van der Waals surface area contributed by atoms with Crippen molar-refractivity contribution in [3.63, 3.8) is 0 Å². The molecule has 1 N–H and O–H groups in total. The molecule has 1 aliphatic rings. The van der Waals surface area contributed by atoms with Crippen LogP contribution in [0.2, 0.25) is 0 Å². The molecule has 1 fully saturated rings. The zero-order valence-corrected chi connectivity index (χ0v) is 9.78. The monoisotopic (exact) mass is 235 g/mol. The second kappa shape index (κ2) is 5.66. The molecule has 0 atom stereocenters. The molecule has 1 amide bonds. The fraction of sp³-hybridized carbons (Fsp3) is 0.538. The summed E-state index contributed by atoms with van der Waals surface area (Å²) < 4.78 is 5.16. The van der Waals surface area contributed by atoms with Crippen LogP contribution in [-0.2, 0) is 16.0 Å². The third-order valence-corrected chi connectivity index (χ3v) is 3.09. The number of aryl methyl sites for hydroxylation is 1. The maximum absolute atomic E-state index is 11.7. The van der Waals surface area contributed by atoms with Crippen LogP contribution in [0.25, 0.3) is 0 Å². The summed E-state index contributed by atoms with van der Waals surface area (Å²) in [6, 6.07) is 3.86. The topological polar surface area (TPSA) is 59.3 Å². The number of hydrogen-bond acceptors (Lipinski definition) is 3. The van der Waals surface area contributed by atoms with Crippen molar-refractivity contribution < 1.29 is 14.0 Å². The molecule has 92 valence electrons. The van der Waals surface area contributed by atoms with E-state index in [9.17, 15) is 9.59 Å². The van der Waals surface area contributed by atoms with Gasteiger partial charge in [-0.1, -0.05) is 0 Å². The number of Topliss-reactive ketones (excluding diaryl/α,β-unsaturated/α-hetero) is 1. The van der Waals surface area contributed by atoms with Crippen LogP contribution in [-0.4, -0.2) is 17.7 Å². The summed E-state index contributed by atoms with van der Waals surface area (Å²) in [6.07, 6.45) is 5.45. The predicted molar refractivity (Wildman–Crippen MR) is 62.4 cm³/mol. The Labute approximate surface area is 100 Å². The smallest absolute Gasteiger partial charge is 0.220 e. The summed E-state index contributed by atoms with van der Waals surface area (Å²) in [7, 11) is 0. The van der Waals surface area contributed by atoms with Crippen LogP contribution >= 0.6 is 0 Å². The molecular formula is C13H17NO3. The molecule has 17 heavy (non-hydrogen) atoms. The third-order valence-electron chi connectivity index (χ3n) is 3.09. The molecule has 0 aliphatic heterocycles. The van der Waals surface area contributed by atoms with Crippen LogP contribution < -0.4 is 5.32 Å². The molecule has 1 aliphatic carbocycles. The number of carbonyl (C=O) groups excluding carboxylic acids is 2. The van der Waals surface area contributed by atoms with Crippen LogP contribution in [0.5, 0.6) is 0 Å². The van der Waals surface area contributed by atoms with Gasteiger partial charge in [0.15, 0.2) is 0 Å². The molecular weight excluding hydrogens is 218 g/mol. The van der Waals surface area contributed by atoms with Crippen molar-refractivity contribution in [2.24, 2.45) is 0 Å².